The number of amides is 1. The van der Waals surface area contributed by atoms with Crippen LogP contribution in [-0.4, -0.2) is 5.91 Å². The second-order valence-corrected chi connectivity index (χ2v) is 5.50. The molecule has 0 bridgehead atoms. The summed E-state index contributed by atoms with van der Waals surface area (Å²) < 4.78 is 13.8. The predicted octanol–water partition coefficient (Wildman–Crippen LogP) is 4.39. The third-order valence-electron chi connectivity index (χ3n) is 2.74. The van der Waals surface area contributed by atoms with Crippen molar-refractivity contribution in [1.82, 2.24) is 0 Å². The lowest BCUT2D eigenvalue weighted by molar-refractivity contribution is -0.111. The average Bonchev–Trinajstić information content (AvgIpc) is 2.42. The Bertz CT molecular complexity index is 650. The lowest BCUT2D eigenvalue weighted by Crippen LogP contribution is -2.07. The Kier molecular flexibility index (Phi) is 4.89. The van der Waals surface area contributed by atoms with Crippen molar-refractivity contribution < 1.29 is 9.18 Å². The molecule has 2 rings (SSSR count). The van der Waals surface area contributed by atoms with Crippen molar-refractivity contribution in [2.45, 2.75) is 6.92 Å². The number of hydrogen-bond acceptors (Lipinski definition) is 1. The smallest absolute Gasteiger partial charge is 0.248 e. The molecule has 1 amide bonds. The fourth-order valence-corrected chi connectivity index (χ4v) is 2.12. The minimum Gasteiger partial charge on any atom is -0.322 e. The van der Waals surface area contributed by atoms with Crippen molar-refractivity contribution in [1.29, 1.82) is 0 Å². The normalized spacial score (nSPS) is 10.8. The molecular formula is C16H13FINO. The number of carbonyl (C=O) groups excluding carboxylic acids is 1. The first-order valence-corrected chi connectivity index (χ1v) is 7.13. The fourth-order valence-electron chi connectivity index (χ4n) is 1.60. The van der Waals surface area contributed by atoms with Gasteiger partial charge in [0.1, 0.15) is 5.82 Å². The summed E-state index contributed by atoms with van der Waals surface area (Å²) in [6.45, 7) is 2.02. The van der Waals surface area contributed by atoms with Gasteiger partial charge in [-0.05, 0) is 71.0 Å². The van der Waals surface area contributed by atoms with Crippen LogP contribution in [0.25, 0.3) is 6.08 Å². The van der Waals surface area contributed by atoms with Gasteiger partial charge < -0.3 is 5.32 Å². The zero-order chi connectivity index (χ0) is 14.5. The molecule has 0 spiro atoms. The van der Waals surface area contributed by atoms with Crippen molar-refractivity contribution in [2.24, 2.45) is 0 Å². The molecule has 0 saturated carbocycles. The van der Waals surface area contributed by atoms with Gasteiger partial charge in [0.25, 0.3) is 0 Å². The Labute approximate surface area is 130 Å². The molecule has 0 fully saturated rings. The van der Waals surface area contributed by atoms with Gasteiger partial charge in [-0.25, -0.2) is 4.39 Å². The standard InChI is InChI=1S/C16H13FINO/c1-11-2-8-14(10-15(11)18)19-16(20)9-5-12-3-6-13(17)7-4-12/h2-10H,1H3,(H,19,20)/b9-5+. The van der Waals surface area contributed by atoms with Gasteiger partial charge in [0, 0.05) is 15.3 Å². The highest BCUT2D eigenvalue weighted by atomic mass is 127. The molecule has 0 radical (unpaired) electrons. The maximum absolute atomic E-state index is 12.7. The van der Waals surface area contributed by atoms with E-state index >= 15 is 0 Å². The zero-order valence-electron chi connectivity index (χ0n) is 10.9. The highest BCUT2D eigenvalue weighted by Crippen LogP contribution is 2.17. The van der Waals surface area contributed by atoms with E-state index in [1.165, 1.54) is 23.8 Å². The molecule has 0 atom stereocenters. The van der Waals surface area contributed by atoms with E-state index in [9.17, 15) is 9.18 Å². The number of nitrogens with one attached hydrogen (secondary N) is 1. The van der Waals surface area contributed by atoms with Gasteiger partial charge >= 0.3 is 0 Å². The highest BCUT2D eigenvalue weighted by molar-refractivity contribution is 14.1. The van der Waals surface area contributed by atoms with Crippen LogP contribution in [-0.2, 0) is 4.79 Å². The number of hydrogen-bond donors (Lipinski definition) is 1. The minimum atomic E-state index is -0.291. The van der Waals surface area contributed by atoms with Gasteiger partial charge in [-0.1, -0.05) is 18.2 Å². The molecule has 0 aromatic heterocycles. The van der Waals surface area contributed by atoms with E-state index < -0.39 is 0 Å². The summed E-state index contributed by atoms with van der Waals surface area (Å²) in [5.41, 5.74) is 2.71. The van der Waals surface area contributed by atoms with E-state index in [0.29, 0.717) is 0 Å². The van der Waals surface area contributed by atoms with Crippen LogP contribution in [0.2, 0.25) is 0 Å². The van der Waals surface area contributed by atoms with E-state index in [4.69, 9.17) is 0 Å². The van der Waals surface area contributed by atoms with Crippen molar-refractivity contribution >= 4 is 40.3 Å². The molecule has 20 heavy (non-hydrogen) atoms. The number of aryl methyl sites for hydroxylation is 1. The number of benzene rings is 2. The van der Waals surface area contributed by atoms with Crippen molar-refractivity contribution in [3.63, 3.8) is 0 Å². The molecule has 2 aromatic carbocycles. The molecule has 2 nitrogen and oxygen atoms in total. The van der Waals surface area contributed by atoms with Crippen LogP contribution in [0.5, 0.6) is 0 Å². The summed E-state index contributed by atoms with van der Waals surface area (Å²) in [6, 6.07) is 11.7. The van der Waals surface area contributed by atoms with Crippen LogP contribution in [0.4, 0.5) is 10.1 Å². The summed E-state index contributed by atoms with van der Waals surface area (Å²) in [6.07, 6.45) is 3.08. The molecule has 0 unspecified atom stereocenters. The van der Waals surface area contributed by atoms with Gasteiger partial charge in [-0.15, -0.1) is 0 Å². The third-order valence-corrected chi connectivity index (χ3v) is 3.90. The Morgan fingerprint density at radius 3 is 2.55 bits per heavy atom. The van der Waals surface area contributed by atoms with Gasteiger partial charge in [0.05, 0.1) is 0 Å². The number of rotatable bonds is 3. The Hall–Kier alpha value is -1.69. The topological polar surface area (TPSA) is 29.1 Å². The van der Waals surface area contributed by atoms with E-state index in [0.717, 1.165) is 14.8 Å². The monoisotopic (exact) mass is 381 g/mol. The summed E-state index contributed by atoms with van der Waals surface area (Å²) in [4.78, 5) is 11.8. The summed E-state index contributed by atoms with van der Waals surface area (Å²) >= 11 is 2.23. The molecular weight excluding hydrogens is 368 g/mol. The van der Waals surface area contributed by atoms with E-state index in [1.54, 1.807) is 18.2 Å². The number of carbonyl (C=O) groups is 1. The molecule has 2 aromatic rings. The van der Waals surface area contributed by atoms with E-state index in [2.05, 4.69) is 27.9 Å². The number of halogens is 2. The maximum Gasteiger partial charge on any atom is 0.248 e. The van der Waals surface area contributed by atoms with Crippen LogP contribution in [0.1, 0.15) is 11.1 Å². The van der Waals surface area contributed by atoms with Crippen LogP contribution in [0.15, 0.2) is 48.5 Å². The molecule has 0 aliphatic rings. The minimum absolute atomic E-state index is 0.214. The van der Waals surface area contributed by atoms with Gasteiger partial charge in [-0.3, -0.25) is 4.79 Å². The summed E-state index contributed by atoms with van der Waals surface area (Å²) in [5, 5.41) is 2.79. The lowest BCUT2D eigenvalue weighted by Gasteiger charge is -2.04. The average molecular weight is 381 g/mol. The molecule has 0 heterocycles. The first kappa shape index (κ1) is 14.7. The fraction of sp³-hybridized carbons (Fsp3) is 0.0625. The Balaban J connectivity index is 2.01. The summed E-state index contributed by atoms with van der Waals surface area (Å²) in [7, 11) is 0. The van der Waals surface area contributed by atoms with Crippen molar-refractivity contribution in [2.75, 3.05) is 5.32 Å². The first-order valence-electron chi connectivity index (χ1n) is 6.05. The summed E-state index contributed by atoms with van der Waals surface area (Å²) in [5.74, 6) is -0.505. The molecule has 0 aliphatic heterocycles. The molecule has 0 saturated heterocycles. The molecule has 4 heteroatoms. The first-order chi connectivity index (χ1) is 9.54. The largest absolute Gasteiger partial charge is 0.322 e. The highest BCUT2D eigenvalue weighted by Gasteiger charge is 2.00. The predicted molar refractivity (Wildman–Crippen MR) is 88.0 cm³/mol. The van der Waals surface area contributed by atoms with Crippen molar-refractivity contribution in [3.05, 3.63) is 69.1 Å². The van der Waals surface area contributed by atoms with Crippen LogP contribution >= 0.6 is 22.6 Å². The van der Waals surface area contributed by atoms with Gasteiger partial charge in [0.2, 0.25) is 5.91 Å². The number of anilines is 1. The maximum atomic E-state index is 12.7. The van der Waals surface area contributed by atoms with Crippen LogP contribution < -0.4 is 5.32 Å². The Morgan fingerprint density at radius 2 is 1.90 bits per heavy atom. The quantitative estimate of drug-likeness (QED) is 0.620. The van der Waals surface area contributed by atoms with Gasteiger partial charge in [0.15, 0.2) is 0 Å². The van der Waals surface area contributed by atoms with Crippen LogP contribution in [0.3, 0.4) is 0 Å². The lowest BCUT2D eigenvalue weighted by atomic mass is 10.2. The second-order valence-electron chi connectivity index (χ2n) is 4.34. The van der Waals surface area contributed by atoms with Crippen LogP contribution in [0, 0.1) is 16.3 Å². The van der Waals surface area contributed by atoms with E-state index in [-0.39, 0.29) is 11.7 Å². The Morgan fingerprint density at radius 1 is 1.20 bits per heavy atom. The molecule has 1 N–H and O–H groups in total. The van der Waals surface area contributed by atoms with E-state index in [1.807, 2.05) is 25.1 Å². The third kappa shape index (κ3) is 4.16. The SMILES string of the molecule is Cc1ccc(NC(=O)/C=C/c2ccc(F)cc2)cc1I. The molecule has 102 valence electrons. The molecule has 0 aliphatic carbocycles. The van der Waals surface area contributed by atoms with Crippen molar-refractivity contribution in [3.8, 4) is 0 Å². The second kappa shape index (κ2) is 6.65. The zero-order valence-corrected chi connectivity index (χ0v) is 13.0. The van der Waals surface area contributed by atoms with Gasteiger partial charge in [-0.2, -0.15) is 0 Å².